The van der Waals surface area contributed by atoms with Crippen molar-refractivity contribution < 1.29 is 5.21 Å². The third kappa shape index (κ3) is 3.50. The smallest absolute Gasteiger partial charge is 0.225 e. The lowest BCUT2D eigenvalue weighted by Gasteiger charge is -1.96. The van der Waals surface area contributed by atoms with Crippen LogP contribution in [0.15, 0.2) is 4.99 Å². The molecule has 0 bridgehead atoms. The highest BCUT2D eigenvalue weighted by Crippen LogP contribution is 1.84. The number of nitrogens with one attached hydrogen (secondary N) is 1. The van der Waals surface area contributed by atoms with Crippen LogP contribution in [0, 0.1) is 11.3 Å². The summed E-state index contributed by atoms with van der Waals surface area (Å²) < 4.78 is 0. The molecule has 0 saturated carbocycles. The number of hydrogen-bond acceptors (Lipinski definition) is 3. The quantitative estimate of drug-likeness (QED) is 0.302. The molecule has 0 aromatic heterocycles. The highest BCUT2D eigenvalue weighted by atomic mass is 16.5. The van der Waals surface area contributed by atoms with Crippen LogP contribution < -0.4 is 5.48 Å². The van der Waals surface area contributed by atoms with Crippen LogP contribution in [0.25, 0.3) is 0 Å². The van der Waals surface area contributed by atoms with Gasteiger partial charge in [0, 0.05) is 6.04 Å². The first kappa shape index (κ1) is 7.92. The molecule has 0 rings (SSSR count). The molecule has 0 aliphatic heterocycles. The van der Waals surface area contributed by atoms with E-state index in [1.54, 1.807) is 11.5 Å². The Morgan fingerprint density at radius 3 is 2.44 bits per heavy atom. The fourth-order valence-corrected chi connectivity index (χ4v) is 0.341. The summed E-state index contributed by atoms with van der Waals surface area (Å²) in [6.45, 7) is 3.63. The van der Waals surface area contributed by atoms with Gasteiger partial charge < -0.3 is 0 Å². The van der Waals surface area contributed by atoms with E-state index in [0.717, 1.165) is 0 Å². The van der Waals surface area contributed by atoms with Crippen molar-refractivity contribution in [3.05, 3.63) is 0 Å². The van der Waals surface area contributed by atoms with Crippen LogP contribution in [0.3, 0.4) is 0 Å². The number of aliphatic imine (C=N–C) groups is 1. The van der Waals surface area contributed by atoms with Gasteiger partial charge in [-0.1, -0.05) is 0 Å². The zero-order valence-electron chi connectivity index (χ0n) is 5.42. The molecule has 0 unspecified atom stereocenters. The Hall–Kier alpha value is -1.08. The molecule has 0 aliphatic rings. The first-order chi connectivity index (χ1) is 4.20. The predicted molar refractivity (Wildman–Crippen MR) is 33.1 cm³/mol. The SMILES string of the molecule is CC(C)N=C(C#N)NO. The van der Waals surface area contributed by atoms with Gasteiger partial charge in [0.05, 0.1) is 0 Å². The third-order valence-corrected chi connectivity index (χ3v) is 0.599. The van der Waals surface area contributed by atoms with Gasteiger partial charge in [-0.25, -0.2) is 5.48 Å². The second kappa shape index (κ2) is 3.87. The van der Waals surface area contributed by atoms with E-state index in [-0.39, 0.29) is 11.9 Å². The summed E-state index contributed by atoms with van der Waals surface area (Å²) in [4.78, 5) is 3.71. The largest absolute Gasteiger partial charge is 0.289 e. The topological polar surface area (TPSA) is 68.4 Å². The molecule has 0 fully saturated rings. The zero-order chi connectivity index (χ0) is 7.28. The molecule has 0 aromatic carbocycles. The van der Waals surface area contributed by atoms with Crippen LogP contribution in [0.4, 0.5) is 0 Å². The zero-order valence-corrected chi connectivity index (χ0v) is 5.42. The third-order valence-electron chi connectivity index (χ3n) is 0.599. The van der Waals surface area contributed by atoms with Crippen molar-refractivity contribution in [2.24, 2.45) is 4.99 Å². The van der Waals surface area contributed by atoms with E-state index in [9.17, 15) is 0 Å². The van der Waals surface area contributed by atoms with Crippen molar-refractivity contribution in [3.63, 3.8) is 0 Å². The first-order valence-corrected chi connectivity index (χ1v) is 2.58. The number of rotatable bonds is 1. The monoisotopic (exact) mass is 127 g/mol. The molecule has 0 heterocycles. The average molecular weight is 127 g/mol. The second-order valence-electron chi connectivity index (χ2n) is 1.80. The van der Waals surface area contributed by atoms with E-state index in [1.165, 1.54) is 0 Å². The molecule has 0 spiro atoms. The molecule has 0 aliphatic carbocycles. The van der Waals surface area contributed by atoms with E-state index in [0.29, 0.717) is 0 Å². The summed E-state index contributed by atoms with van der Waals surface area (Å²) in [5.41, 5.74) is 1.67. The van der Waals surface area contributed by atoms with Crippen LogP contribution in [0.5, 0.6) is 0 Å². The standard InChI is InChI=1S/C5H9N3O/c1-4(2)7-5(3-6)8-9/h4,9H,1-2H3,(H,7,8). The number of nitriles is 1. The van der Waals surface area contributed by atoms with Crippen LogP contribution in [-0.4, -0.2) is 17.1 Å². The van der Waals surface area contributed by atoms with Gasteiger partial charge in [-0.2, -0.15) is 5.26 Å². The minimum Gasteiger partial charge on any atom is -0.289 e. The molecule has 0 aromatic rings. The molecule has 4 nitrogen and oxygen atoms in total. The molecule has 2 N–H and O–H groups in total. The number of nitrogens with zero attached hydrogens (tertiary/aromatic N) is 2. The van der Waals surface area contributed by atoms with Crippen molar-refractivity contribution in [3.8, 4) is 6.07 Å². The van der Waals surface area contributed by atoms with Gasteiger partial charge in [0.2, 0.25) is 5.84 Å². The van der Waals surface area contributed by atoms with Crippen LogP contribution >= 0.6 is 0 Å². The summed E-state index contributed by atoms with van der Waals surface area (Å²) in [6, 6.07) is 1.70. The maximum Gasteiger partial charge on any atom is 0.225 e. The predicted octanol–water partition coefficient (Wildman–Crippen LogP) is 0.296. The first-order valence-electron chi connectivity index (χ1n) is 2.58. The lowest BCUT2D eigenvalue weighted by Crippen LogP contribution is -2.18. The van der Waals surface area contributed by atoms with E-state index in [1.807, 2.05) is 13.8 Å². The van der Waals surface area contributed by atoms with E-state index >= 15 is 0 Å². The van der Waals surface area contributed by atoms with E-state index in [2.05, 4.69) is 4.99 Å². The Morgan fingerprint density at radius 2 is 2.33 bits per heavy atom. The molecule has 0 amide bonds. The van der Waals surface area contributed by atoms with Gasteiger partial charge in [-0.3, -0.25) is 10.2 Å². The van der Waals surface area contributed by atoms with Crippen molar-refractivity contribution in [2.45, 2.75) is 19.9 Å². The maximum absolute atomic E-state index is 8.17. The number of hydroxylamine groups is 1. The molecule has 0 atom stereocenters. The molecular formula is C5H9N3O. The van der Waals surface area contributed by atoms with Gasteiger partial charge in [0.25, 0.3) is 0 Å². The minimum atomic E-state index is -0.0509. The maximum atomic E-state index is 8.17. The van der Waals surface area contributed by atoms with Crippen molar-refractivity contribution in [1.82, 2.24) is 5.48 Å². The second-order valence-corrected chi connectivity index (χ2v) is 1.80. The summed E-state index contributed by atoms with van der Waals surface area (Å²) in [5, 5.41) is 16.3. The molecule has 9 heavy (non-hydrogen) atoms. The Morgan fingerprint density at radius 1 is 1.78 bits per heavy atom. The van der Waals surface area contributed by atoms with E-state index < -0.39 is 0 Å². The summed E-state index contributed by atoms with van der Waals surface area (Å²) in [5.74, 6) is -0.0509. The van der Waals surface area contributed by atoms with E-state index in [4.69, 9.17) is 10.5 Å². The lowest BCUT2D eigenvalue weighted by atomic mass is 10.4. The van der Waals surface area contributed by atoms with Crippen LogP contribution in [0.1, 0.15) is 13.8 Å². The Kier molecular flexibility index (Phi) is 3.40. The minimum absolute atomic E-state index is 0.0271. The van der Waals surface area contributed by atoms with Crippen LogP contribution in [-0.2, 0) is 0 Å². The summed E-state index contributed by atoms with van der Waals surface area (Å²) >= 11 is 0. The van der Waals surface area contributed by atoms with Gasteiger partial charge in [-0.05, 0) is 13.8 Å². The van der Waals surface area contributed by atoms with Crippen molar-refractivity contribution in [1.29, 1.82) is 5.26 Å². The van der Waals surface area contributed by atoms with Crippen LogP contribution in [0.2, 0.25) is 0 Å². The average Bonchev–Trinajstić information content (AvgIpc) is 1.82. The fourth-order valence-electron chi connectivity index (χ4n) is 0.341. The van der Waals surface area contributed by atoms with Crippen molar-refractivity contribution >= 4 is 5.84 Å². The Labute approximate surface area is 53.8 Å². The fraction of sp³-hybridized carbons (Fsp3) is 0.600. The summed E-state index contributed by atoms with van der Waals surface area (Å²) in [6.07, 6.45) is 0. The Balaban J connectivity index is 3.96. The molecular weight excluding hydrogens is 118 g/mol. The normalized spacial score (nSPS) is 11.2. The Bertz CT molecular complexity index is 145. The highest BCUT2D eigenvalue weighted by molar-refractivity contribution is 5.95. The molecule has 50 valence electrons. The summed E-state index contributed by atoms with van der Waals surface area (Å²) in [7, 11) is 0. The lowest BCUT2D eigenvalue weighted by molar-refractivity contribution is 0.235. The van der Waals surface area contributed by atoms with Crippen molar-refractivity contribution in [2.75, 3.05) is 0 Å². The number of amidine groups is 1. The van der Waals surface area contributed by atoms with Gasteiger partial charge >= 0.3 is 0 Å². The molecule has 0 saturated heterocycles. The molecule has 0 radical (unpaired) electrons. The van der Waals surface area contributed by atoms with Gasteiger partial charge in [0.1, 0.15) is 6.07 Å². The highest BCUT2D eigenvalue weighted by Gasteiger charge is 1.93. The van der Waals surface area contributed by atoms with Gasteiger partial charge in [0.15, 0.2) is 0 Å². The van der Waals surface area contributed by atoms with Gasteiger partial charge in [-0.15, -0.1) is 0 Å². The number of hydrogen-bond donors (Lipinski definition) is 2. The molecule has 4 heteroatoms.